The number of fused-ring (bicyclic) bond motifs is 10. The Morgan fingerprint density at radius 1 is 0.327 bits per heavy atom. The number of furan rings is 2. The van der Waals surface area contributed by atoms with E-state index in [4.69, 9.17) is 8.83 Å². The van der Waals surface area contributed by atoms with Crippen molar-refractivity contribution < 1.29 is 8.83 Å². The van der Waals surface area contributed by atoms with E-state index in [2.05, 4.69) is 180 Å². The maximum absolute atomic E-state index is 6.95. The van der Waals surface area contributed by atoms with Gasteiger partial charge in [0.05, 0.1) is 17.3 Å². The van der Waals surface area contributed by atoms with Crippen molar-refractivity contribution in [3.8, 4) is 39.1 Å². The quantitative estimate of drug-likeness (QED) is 0.171. The van der Waals surface area contributed by atoms with E-state index in [9.17, 15) is 0 Å². The topological polar surface area (TPSA) is 31.2 Å². The van der Waals surface area contributed by atoms with Gasteiger partial charge in [-0.2, -0.15) is 0 Å². The van der Waals surface area contributed by atoms with Crippen LogP contribution in [0.2, 0.25) is 0 Å². The van der Waals surface area contributed by atoms with Crippen molar-refractivity contribution in [1.82, 2.24) is 4.57 Å². The lowest BCUT2D eigenvalue weighted by atomic mass is 9.85. The van der Waals surface area contributed by atoms with Gasteiger partial charge in [-0.25, -0.2) is 0 Å². The lowest BCUT2D eigenvalue weighted by Gasteiger charge is -2.18. The van der Waals surface area contributed by atoms with E-state index in [1.54, 1.807) is 0 Å². The Kier molecular flexibility index (Phi) is 6.34. The average molecular weight is 702 g/mol. The molecule has 0 radical (unpaired) electrons. The van der Waals surface area contributed by atoms with Gasteiger partial charge in [0.2, 0.25) is 0 Å². The van der Waals surface area contributed by atoms with Gasteiger partial charge in [-0.15, -0.1) is 0 Å². The van der Waals surface area contributed by atoms with Crippen LogP contribution in [-0.2, 0) is 0 Å². The van der Waals surface area contributed by atoms with E-state index in [-0.39, 0.29) is 0 Å². The Morgan fingerprint density at radius 2 is 0.891 bits per heavy atom. The second-order valence-corrected chi connectivity index (χ2v) is 14.4. The molecule has 0 bridgehead atoms. The summed E-state index contributed by atoms with van der Waals surface area (Å²) in [5.74, 6) is 0. The average Bonchev–Trinajstić information content (AvgIpc) is 3.95. The number of aromatic nitrogens is 1. The molecule has 55 heavy (non-hydrogen) atoms. The van der Waals surface area contributed by atoms with E-state index in [1.165, 1.54) is 60.0 Å². The first-order valence-electron chi connectivity index (χ1n) is 18.8. The van der Waals surface area contributed by atoms with Crippen molar-refractivity contribution in [2.45, 2.75) is 0 Å². The minimum atomic E-state index is 0.770. The molecule has 256 valence electrons. The fraction of sp³-hybridized carbons (Fsp3) is 0. The van der Waals surface area contributed by atoms with Gasteiger partial charge in [-0.05, 0) is 74.6 Å². The monoisotopic (exact) mass is 701 g/mol. The molecular weight excluding hydrogens is 671 g/mol. The van der Waals surface area contributed by atoms with Gasteiger partial charge in [-0.1, -0.05) is 146 Å². The fourth-order valence-electron chi connectivity index (χ4n) is 9.10. The summed E-state index contributed by atoms with van der Waals surface area (Å²) >= 11 is 0. The van der Waals surface area contributed by atoms with Crippen LogP contribution in [0.15, 0.2) is 197 Å². The molecule has 9 aromatic carbocycles. The molecule has 0 saturated carbocycles. The zero-order valence-corrected chi connectivity index (χ0v) is 29.7. The molecule has 12 rings (SSSR count). The molecule has 0 atom stereocenters. The van der Waals surface area contributed by atoms with E-state index >= 15 is 0 Å². The molecule has 0 spiro atoms. The normalized spacial score (nSPS) is 12.0. The van der Waals surface area contributed by atoms with Crippen LogP contribution >= 0.6 is 0 Å². The molecule has 0 fully saturated rings. The summed E-state index contributed by atoms with van der Waals surface area (Å²) in [6.45, 7) is 0. The Labute approximate surface area is 315 Å². The summed E-state index contributed by atoms with van der Waals surface area (Å²) in [6.07, 6.45) is 1.85. The smallest absolute Gasteiger partial charge is 0.178 e. The molecule has 0 aliphatic carbocycles. The Balaban J connectivity index is 1.13. The minimum Gasteiger partial charge on any atom is -0.460 e. The van der Waals surface area contributed by atoms with Crippen LogP contribution < -0.4 is 0 Å². The highest BCUT2D eigenvalue weighted by Gasteiger charge is 2.23. The summed E-state index contributed by atoms with van der Waals surface area (Å²) in [4.78, 5) is 0. The molecule has 0 unspecified atom stereocenters. The van der Waals surface area contributed by atoms with Crippen LogP contribution in [0.3, 0.4) is 0 Å². The standard InChI is InChI=1S/C52H31NO2/c1-3-14-32(15-4-1)45-31-54-51-43(45)29-28-42-41-23-13-24-44(50(41)55-52(42)51)49-39-21-9-7-19-37(39)48(38-20-8-10-22-40(38)49)33-26-27-36-35-18-11-12-25-46(35)53(47(36)30-33)34-16-5-2-6-17-34/h1-31H. The van der Waals surface area contributed by atoms with Crippen LogP contribution in [0, 0.1) is 0 Å². The molecule has 12 aromatic rings. The molecule has 0 N–H and O–H groups in total. The third-order valence-corrected chi connectivity index (χ3v) is 11.5. The molecule has 3 nitrogen and oxygen atoms in total. The van der Waals surface area contributed by atoms with Crippen molar-refractivity contribution in [3.05, 3.63) is 188 Å². The Morgan fingerprint density at radius 3 is 1.64 bits per heavy atom. The maximum atomic E-state index is 6.95. The number of hydrogen-bond acceptors (Lipinski definition) is 2. The summed E-state index contributed by atoms with van der Waals surface area (Å²) in [5.41, 5.74) is 12.8. The minimum absolute atomic E-state index is 0.770. The SMILES string of the molecule is c1ccc(-c2coc3c2ccc2c4cccc(-c5c6ccccc6c(-c6ccc7c8ccccc8n(-c8ccccc8)c7c6)c6ccccc56)c4oc23)cc1. The predicted octanol–water partition coefficient (Wildman–Crippen LogP) is 14.7. The number of para-hydroxylation sites is 3. The van der Waals surface area contributed by atoms with Crippen molar-refractivity contribution in [1.29, 1.82) is 0 Å². The molecule has 0 aliphatic rings. The summed E-state index contributed by atoms with van der Waals surface area (Å²) in [6, 6.07) is 65.3. The van der Waals surface area contributed by atoms with Crippen LogP contribution in [0.5, 0.6) is 0 Å². The van der Waals surface area contributed by atoms with Crippen LogP contribution in [0.4, 0.5) is 0 Å². The number of hydrogen-bond donors (Lipinski definition) is 0. The molecule has 3 heterocycles. The maximum Gasteiger partial charge on any atom is 0.178 e. The van der Waals surface area contributed by atoms with E-state index in [1.807, 2.05) is 12.3 Å². The van der Waals surface area contributed by atoms with Gasteiger partial charge in [0.1, 0.15) is 5.58 Å². The van der Waals surface area contributed by atoms with Crippen LogP contribution in [0.1, 0.15) is 0 Å². The second kappa shape index (κ2) is 11.6. The number of benzene rings is 9. The second-order valence-electron chi connectivity index (χ2n) is 14.4. The molecule has 0 saturated heterocycles. The Hall–Kier alpha value is -7.36. The van der Waals surface area contributed by atoms with Crippen molar-refractivity contribution >= 4 is 76.3 Å². The molecule has 3 aromatic heterocycles. The van der Waals surface area contributed by atoms with E-state index < -0.39 is 0 Å². The van der Waals surface area contributed by atoms with Gasteiger partial charge >= 0.3 is 0 Å². The van der Waals surface area contributed by atoms with Crippen molar-refractivity contribution in [2.75, 3.05) is 0 Å². The van der Waals surface area contributed by atoms with E-state index in [0.717, 1.165) is 55.3 Å². The van der Waals surface area contributed by atoms with Crippen LogP contribution in [-0.4, -0.2) is 4.57 Å². The lowest BCUT2D eigenvalue weighted by molar-refractivity contribution is 0.601. The zero-order valence-electron chi connectivity index (χ0n) is 29.7. The zero-order chi connectivity index (χ0) is 36.0. The highest BCUT2D eigenvalue weighted by molar-refractivity contribution is 6.26. The first-order chi connectivity index (χ1) is 27.3. The van der Waals surface area contributed by atoms with E-state index in [0.29, 0.717) is 0 Å². The Bertz CT molecular complexity index is 3420. The van der Waals surface area contributed by atoms with Crippen LogP contribution in [0.25, 0.3) is 115 Å². The first-order valence-corrected chi connectivity index (χ1v) is 18.8. The highest BCUT2D eigenvalue weighted by atomic mass is 16.4. The lowest BCUT2D eigenvalue weighted by Crippen LogP contribution is -1.94. The largest absolute Gasteiger partial charge is 0.460 e. The van der Waals surface area contributed by atoms with Crippen molar-refractivity contribution in [3.63, 3.8) is 0 Å². The van der Waals surface area contributed by atoms with Gasteiger partial charge in [0.25, 0.3) is 0 Å². The summed E-state index contributed by atoms with van der Waals surface area (Å²) in [5, 5.41) is 10.4. The summed E-state index contributed by atoms with van der Waals surface area (Å²) in [7, 11) is 0. The van der Waals surface area contributed by atoms with Gasteiger partial charge in [0.15, 0.2) is 11.2 Å². The fourth-order valence-corrected chi connectivity index (χ4v) is 9.10. The summed E-state index contributed by atoms with van der Waals surface area (Å²) < 4.78 is 15.6. The molecule has 3 heteroatoms. The predicted molar refractivity (Wildman–Crippen MR) is 229 cm³/mol. The molecule has 0 amide bonds. The van der Waals surface area contributed by atoms with Gasteiger partial charge < -0.3 is 13.4 Å². The third kappa shape index (κ3) is 4.32. The van der Waals surface area contributed by atoms with Crippen molar-refractivity contribution in [2.24, 2.45) is 0 Å². The van der Waals surface area contributed by atoms with Gasteiger partial charge in [-0.3, -0.25) is 0 Å². The molecule has 0 aliphatic heterocycles. The molecular formula is C52H31NO2. The highest BCUT2D eigenvalue weighted by Crippen LogP contribution is 2.48. The first kappa shape index (κ1) is 30.1. The van der Waals surface area contributed by atoms with Gasteiger partial charge in [0, 0.05) is 49.3 Å². The number of rotatable bonds is 4. The number of nitrogens with zero attached hydrogens (tertiary/aromatic N) is 1. The third-order valence-electron chi connectivity index (χ3n) is 11.5.